The molecule has 1 aliphatic rings. The molecule has 1 saturated heterocycles. The maximum atomic E-state index is 13.0. The Hall–Kier alpha value is -1.61. The lowest BCUT2D eigenvalue weighted by Gasteiger charge is -2.33. The van der Waals surface area contributed by atoms with Crippen molar-refractivity contribution in [3.05, 3.63) is 59.8 Å². The van der Waals surface area contributed by atoms with E-state index in [2.05, 4.69) is 27.4 Å². The predicted molar refractivity (Wildman–Crippen MR) is 122 cm³/mol. The van der Waals surface area contributed by atoms with Gasteiger partial charge in [-0.3, -0.25) is 9.89 Å². The van der Waals surface area contributed by atoms with E-state index < -0.39 is 0 Å². The summed E-state index contributed by atoms with van der Waals surface area (Å²) in [7, 11) is 0. The van der Waals surface area contributed by atoms with E-state index in [-0.39, 0.29) is 29.8 Å². The number of nitrogens with zero attached hydrogens (tertiary/aromatic N) is 2. The number of hydrogen-bond acceptors (Lipinski definition) is 3. The minimum atomic E-state index is -0.177. The number of piperidine rings is 1. The van der Waals surface area contributed by atoms with Crippen LogP contribution < -0.4 is 10.6 Å². The van der Waals surface area contributed by atoms with Crippen LogP contribution in [0.15, 0.2) is 52.1 Å². The molecule has 7 heteroatoms. The highest BCUT2D eigenvalue weighted by Crippen LogP contribution is 2.14. The minimum absolute atomic E-state index is 0. The maximum absolute atomic E-state index is 13.0. The monoisotopic (exact) mass is 500 g/mol. The molecular formula is C21H30FIN4O. The molecule has 0 radical (unpaired) electrons. The standard InChI is InChI=1S/C21H29FN4O.HI/c1-2-23-21(24-12-9-20-4-3-15-27-20)25-19-10-13-26(14-11-19)16-17-5-7-18(22)8-6-17;/h3-8,15,19H,2,9-14,16H2,1H3,(H2,23,24,25);1H. The lowest BCUT2D eigenvalue weighted by Crippen LogP contribution is -2.48. The molecule has 0 aliphatic carbocycles. The molecule has 0 bridgehead atoms. The van der Waals surface area contributed by atoms with Gasteiger partial charge in [0.25, 0.3) is 0 Å². The third-order valence-corrected chi connectivity index (χ3v) is 4.80. The lowest BCUT2D eigenvalue weighted by molar-refractivity contribution is 0.198. The number of rotatable bonds is 7. The van der Waals surface area contributed by atoms with Crippen LogP contribution in [0.4, 0.5) is 4.39 Å². The molecule has 2 aromatic rings. The summed E-state index contributed by atoms with van der Waals surface area (Å²) in [6.45, 7) is 6.56. The molecule has 154 valence electrons. The van der Waals surface area contributed by atoms with Crippen molar-refractivity contribution in [2.75, 3.05) is 26.2 Å². The average molecular weight is 500 g/mol. The van der Waals surface area contributed by atoms with Gasteiger partial charge in [-0.2, -0.15) is 0 Å². The van der Waals surface area contributed by atoms with Crippen LogP contribution in [0.25, 0.3) is 0 Å². The summed E-state index contributed by atoms with van der Waals surface area (Å²) in [5.41, 5.74) is 1.16. The first-order chi connectivity index (χ1) is 13.2. The van der Waals surface area contributed by atoms with Crippen LogP contribution >= 0.6 is 24.0 Å². The highest BCUT2D eigenvalue weighted by molar-refractivity contribution is 14.0. The van der Waals surface area contributed by atoms with E-state index in [0.717, 1.165) is 62.7 Å². The number of likely N-dealkylation sites (tertiary alicyclic amines) is 1. The molecule has 0 saturated carbocycles. The van der Waals surface area contributed by atoms with Crippen molar-refractivity contribution < 1.29 is 8.81 Å². The van der Waals surface area contributed by atoms with Crippen LogP contribution in [0, 0.1) is 5.82 Å². The number of benzene rings is 1. The van der Waals surface area contributed by atoms with Crippen LogP contribution in [0.2, 0.25) is 0 Å². The van der Waals surface area contributed by atoms with Gasteiger partial charge in [-0.05, 0) is 49.6 Å². The summed E-state index contributed by atoms with van der Waals surface area (Å²) in [6.07, 6.45) is 4.65. The number of nitrogens with one attached hydrogen (secondary N) is 2. The summed E-state index contributed by atoms with van der Waals surface area (Å²) >= 11 is 0. The van der Waals surface area contributed by atoms with Gasteiger partial charge in [0.2, 0.25) is 0 Å². The van der Waals surface area contributed by atoms with Crippen molar-refractivity contribution in [3.8, 4) is 0 Å². The zero-order chi connectivity index (χ0) is 18.9. The van der Waals surface area contributed by atoms with Gasteiger partial charge in [-0.1, -0.05) is 12.1 Å². The van der Waals surface area contributed by atoms with E-state index in [0.29, 0.717) is 12.6 Å². The zero-order valence-corrected chi connectivity index (χ0v) is 18.7. The predicted octanol–water partition coefficient (Wildman–Crippen LogP) is 3.80. The summed E-state index contributed by atoms with van der Waals surface area (Å²) in [5.74, 6) is 1.66. The van der Waals surface area contributed by atoms with Gasteiger partial charge in [0.05, 0.1) is 6.26 Å². The second-order valence-electron chi connectivity index (χ2n) is 6.91. The fraction of sp³-hybridized carbons (Fsp3) is 0.476. The van der Waals surface area contributed by atoms with Crippen LogP contribution in [-0.2, 0) is 13.0 Å². The highest BCUT2D eigenvalue weighted by atomic mass is 127. The Morgan fingerprint density at radius 3 is 2.61 bits per heavy atom. The zero-order valence-electron chi connectivity index (χ0n) is 16.4. The van der Waals surface area contributed by atoms with E-state index in [1.807, 2.05) is 24.3 Å². The molecule has 28 heavy (non-hydrogen) atoms. The lowest BCUT2D eigenvalue weighted by atomic mass is 10.0. The van der Waals surface area contributed by atoms with Crippen LogP contribution in [0.1, 0.15) is 31.1 Å². The molecule has 1 aromatic carbocycles. The van der Waals surface area contributed by atoms with Gasteiger partial charge >= 0.3 is 0 Å². The second kappa shape index (κ2) is 12.1. The van der Waals surface area contributed by atoms with E-state index in [9.17, 15) is 4.39 Å². The van der Waals surface area contributed by atoms with Crippen molar-refractivity contribution in [2.24, 2.45) is 4.99 Å². The summed E-state index contributed by atoms with van der Waals surface area (Å²) in [5, 5.41) is 6.89. The number of hydrogen-bond donors (Lipinski definition) is 2. The highest BCUT2D eigenvalue weighted by Gasteiger charge is 2.20. The Labute approximate surface area is 183 Å². The van der Waals surface area contributed by atoms with Crippen molar-refractivity contribution in [1.82, 2.24) is 15.5 Å². The molecule has 0 atom stereocenters. The molecule has 5 nitrogen and oxygen atoms in total. The quantitative estimate of drug-likeness (QED) is 0.345. The van der Waals surface area contributed by atoms with Gasteiger partial charge in [-0.15, -0.1) is 24.0 Å². The van der Waals surface area contributed by atoms with Gasteiger partial charge in [0.15, 0.2) is 5.96 Å². The van der Waals surface area contributed by atoms with Gasteiger partial charge < -0.3 is 15.1 Å². The van der Waals surface area contributed by atoms with Crippen molar-refractivity contribution in [2.45, 2.75) is 38.8 Å². The van der Waals surface area contributed by atoms with Gasteiger partial charge in [0.1, 0.15) is 11.6 Å². The fourth-order valence-corrected chi connectivity index (χ4v) is 3.33. The van der Waals surface area contributed by atoms with E-state index in [4.69, 9.17) is 4.42 Å². The first-order valence-corrected chi connectivity index (χ1v) is 9.77. The number of guanidine groups is 1. The molecule has 1 aliphatic heterocycles. The molecule has 1 fully saturated rings. The van der Waals surface area contributed by atoms with E-state index in [1.165, 1.54) is 12.1 Å². The Morgan fingerprint density at radius 2 is 1.96 bits per heavy atom. The van der Waals surface area contributed by atoms with Crippen LogP contribution in [0.5, 0.6) is 0 Å². The number of halogens is 2. The third-order valence-electron chi connectivity index (χ3n) is 4.80. The smallest absolute Gasteiger partial charge is 0.191 e. The van der Waals surface area contributed by atoms with E-state index >= 15 is 0 Å². The van der Waals surface area contributed by atoms with Crippen molar-refractivity contribution in [1.29, 1.82) is 0 Å². The molecule has 3 rings (SSSR count). The average Bonchev–Trinajstić information content (AvgIpc) is 3.19. The maximum Gasteiger partial charge on any atom is 0.191 e. The Balaban J connectivity index is 0.00000280. The third kappa shape index (κ3) is 7.43. The Morgan fingerprint density at radius 1 is 1.21 bits per heavy atom. The van der Waals surface area contributed by atoms with E-state index in [1.54, 1.807) is 6.26 Å². The molecule has 0 amide bonds. The first-order valence-electron chi connectivity index (χ1n) is 9.77. The minimum Gasteiger partial charge on any atom is -0.469 e. The second-order valence-corrected chi connectivity index (χ2v) is 6.91. The molecule has 0 unspecified atom stereocenters. The largest absolute Gasteiger partial charge is 0.469 e. The van der Waals surface area contributed by atoms with Gasteiger partial charge in [0, 0.05) is 45.2 Å². The van der Waals surface area contributed by atoms with Crippen LogP contribution in [0.3, 0.4) is 0 Å². The van der Waals surface area contributed by atoms with Crippen molar-refractivity contribution in [3.63, 3.8) is 0 Å². The first kappa shape index (κ1) is 22.7. The summed E-state index contributed by atoms with van der Waals surface area (Å²) in [6, 6.07) is 11.1. The number of aliphatic imine (C=N–C) groups is 1. The fourth-order valence-electron chi connectivity index (χ4n) is 3.33. The van der Waals surface area contributed by atoms with Crippen LogP contribution in [-0.4, -0.2) is 43.1 Å². The topological polar surface area (TPSA) is 52.8 Å². The SMILES string of the molecule is CCNC(=NCCc1ccco1)NC1CCN(Cc2ccc(F)cc2)CC1.I. The normalized spacial score (nSPS) is 15.9. The molecule has 2 heterocycles. The van der Waals surface area contributed by atoms with Gasteiger partial charge in [-0.25, -0.2) is 4.39 Å². The number of furan rings is 1. The molecular weight excluding hydrogens is 470 g/mol. The Bertz CT molecular complexity index is 698. The summed E-state index contributed by atoms with van der Waals surface area (Å²) < 4.78 is 18.4. The molecule has 1 aromatic heterocycles. The van der Waals surface area contributed by atoms with Crippen molar-refractivity contribution >= 4 is 29.9 Å². The molecule has 2 N–H and O–H groups in total. The Kier molecular flexibility index (Phi) is 9.77. The summed E-state index contributed by atoms with van der Waals surface area (Å²) in [4.78, 5) is 7.09. The molecule has 0 spiro atoms.